The van der Waals surface area contributed by atoms with Gasteiger partial charge in [-0.3, -0.25) is 4.90 Å². The van der Waals surface area contributed by atoms with Gasteiger partial charge in [0.25, 0.3) is 0 Å². The Morgan fingerprint density at radius 1 is 1.06 bits per heavy atom. The molecule has 1 N–H and O–H groups in total. The highest BCUT2D eigenvalue weighted by atomic mass is 32.1. The normalized spacial score (nSPS) is 15.5. The first-order valence-corrected chi connectivity index (χ1v) is 11.7. The summed E-state index contributed by atoms with van der Waals surface area (Å²) in [6.45, 7) is 4.34. The average molecular weight is 447 g/mol. The molecule has 6 nitrogen and oxygen atoms in total. The molecule has 0 spiro atoms. The molecule has 32 heavy (non-hydrogen) atoms. The van der Waals surface area contributed by atoms with Crippen LogP contribution in [0.5, 0.6) is 5.75 Å². The van der Waals surface area contributed by atoms with Crippen molar-refractivity contribution in [1.82, 2.24) is 14.9 Å². The fourth-order valence-electron chi connectivity index (χ4n) is 4.09. The molecule has 0 radical (unpaired) electrons. The first kappa shape index (κ1) is 20.9. The summed E-state index contributed by atoms with van der Waals surface area (Å²) in [6.07, 6.45) is 1.65. The first-order valence-electron chi connectivity index (χ1n) is 10.8. The maximum atomic E-state index is 5.54. The largest absolute Gasteiger partial charge is 0.497 e. The average Bonchev–Trinajstić information content (AvgIpc) is 3.30. The number of rotatable bonds is 7. The van der Waals surface area contributed by atoms with Crippen molar-refractivity contribution < 1.29 is 9.47 Å². The Hall–Kier alpha value is -3.00. The summed E-state index contributed by atoms with van der Waals surface area (Å²) < 4.78 is 10.9. The Kier molecular flexibility index (Phi) is 6.29. The van der Waals surface area contributed by atoms with Crippen LogP contribution in [-0.4, -0.2) is 54.8 Å². The van der Waals surface area contributed by atoms with Crippen molar-refractivity contribution in [3.63, 3.8) is 0 Å². The molecule has 1 fully saturated rings. The summed E-state index contributed by atoms with van der Waals surface area (Å²) in [6, 6.07) is 18.8. The van der Waals surface area contributed by atoms with Crippen molar-refractivity contribution in [2.45, 2.75) is 6.04 Å². The van der Waals surface area contributed by atoms with Gasteiger partial charge < -0.3 is 14.8 Å². The van der Waals surface area contributed by atoms with Gasteiger partial charge in [0.05, 0.1) is 31.8 Å². The molecule has 164 valence electrons. The van der Waals surface area contributed by atoms with E-state index in [9.17, 15) is 0 Å². The highest BCUT2D eigenvalue weighted by Gasteiger charge is 2.21. The predicted octanol–water partition coefficient (Wildman–Crippen LogP) is 4.85. The molecule has 1 aliphatic rings. The van der Waals surface area contributed by atoms with Crippen LogP contribution in [0.15, 0.2) is 66.3 Å². The highest BCUT2D eigenvalue weighted by Crippen LogP contribution is 2.38. The number of methoxy groups -OCH3 is 1. The third kappa shape index (κ3) is 4.46. The smallest absolute Gasteiger partial charge is 0.139 e. The number of fused-ring (bicyclic) bond motifs is 1. The van der Waals surface area contributed by atoms with Gasteiger partial charge in [0.1, 0.15) is 22.7 Å². The van der Waals surface area contributed by atoms with Crippen LogP contribution in [-0.2, 0) is 4.74 Å². The van der Waals surface area contributed by atoms with Gasteiger partial charge in [0, 0.05) is 30.6 Å². The van der Waals surface area contributed by atoms with Gasteiger partial charge >= 0.3 is 0 Å². The number of hydrogen-bond acceptors (Lipinski definition) is 7. The van der Waals surface area contributed by atoms with Crippen molar-refractivity contribution in [2.75, 3.05) is 45.3 Å². The van der Waals surface area contributed by atoms with Crippen LogP contribution in [0.1, 0.15) is 11.6 Å². The fraction of sp³-hybridized carbons (Fsp3) is 0.280. The minimum atomic E-state index is 0.107. The van der Waals surface area contributed by atoms with Crippen molar-refractivity contribution in [3.8, 4) is 16.9 Å². The van der Waals surface area contributed by atoms with Crippen molar-refractivity contribution in [2.24, 2.45) is 0 Å². The number of morpholine rings is 1. The van der Waals surface area contributed by atoms with E-state index in [4.69, 9.17) is 9.47 Å². The molecule has 2 aromatic carbocycles. The van der Waals surface area contributed by atoms with E-state index < -0.39 is 0 Å². The maximum Gasteiger partial charge on any atom is 0.139 e. The Morgan fingerprint density at radius 2 is 1.84 bits per heavy atom. The Bertz CT molecular complexity index is 1160. The van der Waals surface area contributed by atoms with Gasteiger partial charge in [-0.05, 0) is 23.3 Å². The van der Waals surface area contributed by atoms with E-state index in [0.717, 1.165) is 65.8 Å². The van der Waals surface area contributed by atoms with Gasteiger partial charge in [-0.15, -0.1) is 11.3 Å². The molecule has 0 amide bonds. The summed E-state index contributed by atoms with van der Waals surface area (Å²) in [5.74, 6) is 1.71. The van der Waals surface area contributed by atoms with Gasteiger partial charge in [-0.2, -0.15) is 0 Å². The molecule has 1 aliphatic heterocycles. The Morgan fingerprint density at radius 3 is 2.59 bits per heavy atom. The lowest BCUT2D eigenvalue weighted by atomic mass is 10.0. The van der Waals surface area contributed by atoms with Crippen molar-refractivity contribution in [3.05, 3.63) is 71.9 Å². The van der Waals surface area contributed by atoms with Gasteiger partial charge in [0.2, 0.25) is 0 Å². The summed E-state index contributed by atoms with van der Waals surface area (Å²) >= 11 is 1.64. The van der Waals surface area contributed by atoms with E-state index in [1.54, 1.807) is 24.8 Å². The third-order valence-electron chi connectivity index (χ3n) is 5.83. The van der Waals surface area contributed by atoms with Crippen LogP contribution in [0.2, 0.25) is 0 Å². The molecule has 2 aromatic heterocycles. The topological polar surface area (TPSA) is 59.5 Å². The predicted molar refractivity (Wildman–Crippen MR) is 129 cm³/mol. The van der Waals surface area contributed by atoms with Crippen LogP contribution in [0, 0.1) is 0 Å². The molecule has 1 atom stereocenters. The summed E-state index contributed by atoms with van der Waals surface area (Å²) in [5.41, 5.74) is 3.50. The van der Waals surface area contributed by atoms with Crippen LogP contribution >= 0.6 is 11.3 Å². The monoisotopic (exact) mass is 446 g/mol. The van der Waals surface area contributed by atoms with E-state index in [-0.39, 0.29) is 6.04 Å². The highest BCUT2D eigenvalue weighted by molar-refractivity contribution is 7.17. The maximum absolute atomic E-state index is 5.54. The van der Waals surface area contributed by atoms with Crippen LogP contribution in [0.3, 0.4) is 0 Å². The number of anilines is 1. The number of nitrogens with one attached hydrogen (secondary N) is 1. The standard InChI is InChI=1S/C25H26N4O2S/c1-30-20-9-7-18(8-10-20)21-16-32-25-23(21)24(26-17-27-25)28-22(19-5-3-2-4-6-19)15-29-11-13-31-14-12-29/h2-10,16-17,22H,11-15H2,1H3,(H,26,27,28). The zero-order chi connectivity index (χ0) is 21.8. The molecular formula is C25H26N4O2S. The van der Waals surface area contributed by atoms with Crippen LogP contribution in [0.25, 0.3) is 21.3 Å². The Labute approximate surface area is 191 Å². The molecule has 4 aromatic rings. The molecule has 0 aliphatic carbocycles. The molecule has 3 heterocycles. The summed E-state index contributed by atoms with van der Waals surface area (Å²) in [4.78, 5) is 12.6. The third-order valence-corrected chi connectivity index (χ3v) is 6.71. The van der Waals surface area contributed by atoms with E-state index in [0.29, 0.717) is 0 Å². The molecule has 0 saturated carbocycles. The van der Waals surface area contributed by atoms with Crippen molar-refractivity contribution in [1.29, 1.82) is 0 Å². The zero-order valence-corrected chi connectivity index (χ0v) is 18.8. The number of nitrogens with zero attached hydrogens (tertiary/aromatic N) is 3. The number of thiophene rings is 1. The first-order chi connectivity index (χ1) is 15.8. The molecule has 5 rings (SSSR count). The molecule has 1 saturated heterocycles. The molecule has 1 unspecified atom stereocenters. The zero-order valence-electron chi connectivity index (χ0n) is 18.0. The van der Waals surface area contributed by atoms with Gasteiger partial charge in [0.15, 0.2) is 0 Å². The van der Waals surface area contributed by atoms with Gasteiger partial charge in [-0.25, -0.2) is 9.97 Å². The number of ether oxygens (including phenoxy) is 2. The van der Waals surface area contributed by atoms with Gasteiger partial charge in [-0.1, -0.05) is 42.5 Å². The van der Waals surface area contributed by atoms with E-state index in [1.165, 1.54) is 5.56 Å². The molecule has 7 heteroatoms. The molecule has 0 bridgehead atoms. The summed E-state index contributed by atoms with van der Waals surface area (Å²) in [7, 11) is 1.68. The molecular weight excluding hydrogens is 420 g/mol. The number of hydrogen-bond donors (Lipinski definition) is 1. The minimum Gasteiger partial charge on any atom is -0.497 e. The lowest BCUT2D eigenvalue weighted by Crippen LogP contribution is -2.40. The Balaban J connectivity index is 1.51. The number of benzene rings is 2. The lowest BCUT2D eigenvalue weighted by Gasteiger charge is -2.31. The van der Waals surface area contributed by atoms with Crippen LogP contribution in [0.4, 0.5) is 5.82 Å². The van der Waals surface area contributed by atoms with E-state index in [1.807, 2.05) is 12.1 Å². The second-order valence-electron chi connectivity index (χ2n) is 7.80. The second-order valence-corrected chi connectivity index (χ2v) is 8.66. The van der Waals surface area contributed by atoms with Crippen molar-refractivity contribution >= 4 is 27.4 Å². The number of aromatic nitrogens is 2. The minimum absolute atomic E-state index is 0.107. The van der Waals surface area contributed by atoms with E-state index in [2.05, 4.69) is 68.0 Å². The fourth-order valence-corrected chi connectivity index (χ4v) is 5.01. The lowest BCUT2D eigenvalue weighted by molar-refractivity contribution is 0.0361. The second kappa shape index (κ2) is 9.65. The van der Waals surface area contributed by atoms with Crippen LogP contribution < -0.4 is 10.1 Å². The van der Waals surface area contributed by atoms with E-state index >= 15 is 0 Å². The quantitative estimate of drug-likeness (QED) is 0.438. The summed E-state index contributed by atoms with van der Waals surface area (Å²) in [5, 5.41) is 6.97. The SMILES string of the molecule is COc1ccc(-c2csc3ncnc(NC(CN4CCOCC4)c4ccccc4)c23)cc1.